The zero-order valence-corrected chi connectivity index (χ0v) is 11.3. The van der Waals surface area contributed by atoms with Crippen molar-refractivity contribution >= 4 is 11.6 Å². The Morgan fingerprint density at radius 3 is 2.72 bits per heavy atom. The Labute approximate surface area is 109 Å². The number of para-hydroxylation sites is 2. The maximum atomic E-state index is 11.8. The van der Waals surface area contributed by atoms with Crippen LogP contribution in [-0.4, -0.2) is 25.1 Å². The van der Waals surface area contributed by atoms with Crippen molar-refractivity contribution in [1.82, 2.24) is 5.32 Å². The van der Waals surface area contributed by atoms with Crippen LogP contribution in [0.1, 0.15) is 27.2 Å². The fraction of sp³-hybridized carbons (Fsp3) is 0.500. The fourth-order valence-corrected chi connectivity index (χ4v) is 1.57. The van der Waals surface area contributed by atoms with Gasteiger partial charge in [-0.2, -0.15) is 0 Å². The lowest BCUT2D eigenvalue weighted by atomic mass is 10.2. The van der Waals surface area contributed by atoms with E-state index in [0.29, 0.717) is 13.2 Å². The molecule has 1 atom stereocenters. The summed E-state index contributed by atoms with van der Waals surface area (Å²) in [5, 5.41) is 6.03. The highest BCUT2D eigenvalue weighted by Crippen LogP contribution is 2.24. The molecule has 1 rings (SSSR count). The molecule has 0 heterocycles. The van der Waals surface area contributed by atoms with Crippen LogP contribution >= 0.6 is 0 Å². The maximum Gasteiger partial charge on any atom is 0.242 e. The van der Waals surface area contributed by atoms with Crippen molar-refractivity contribution in [3.05, 3.63) is 24.3 Å². The summed E-state index contributed by atoms with van der Waals surface area (Å²) >= 11 is 0. The Balaban J connectivity index is 2.63. The van der Waals surface area contributed by atoms with Crippen LogP contribution in [0.4, 0.5) is 5.69 Å². The van der Waals surface area contributed by atoms with Gasteiger partial charge in [-0.1, -0.05) is 19.1 Å². The van der Waals surface area contributed by atoms with Gasteiger partial charge < -0.3 is 15.4 Å². The number of carbonyl (C=O) groups excluding carboxylic acids is 1. The second kappa shape index (κ2) is 7.58. The molecule has 100 valence electrons. The molecule has 0 spiro atoms. The van der Waals surface area contributed by atoms with Crippen LogP contribution in [0.5, 0.6) is 5.75 Å². The smallest absolute Gasteiger partial charge is 0.242 e. The number of nitrogens with one attached hydrogen (secondary N) is 2. The minimum atomic E-state index is -0.279. The number of carbonyl (C=O) groups is 1. The van der Waals surface area contributed by atoms with Crippen molar-refractivity contribution in [2.24, 2.45) is 0 Å². The third kappa shape index (κ3) is 4.28. The lowest BCUT2D eigenvalue weighted by Gasteiger charge is -2.17. The predicted molar refractivity (Wildman–Crippen MR) is 74.0 cm³/mol. The molecule has 0 saturated heterocycles. The summed E-state index contributed by atoms with van der Waals surface area (Å²) in [5.74, 6) is 0.776. The van der Waals surface area contributed by atoms with E-state index in [1.165, 1.54) is 0 Å². The molecule has 18 heavy (non-hydrogen) atoms. The molecular weight excluding hydrogens is 228 g/mol. The number of hydrogen-bond acceptors (Lipinski definition) is 3. The number of benzene rings is 1. The van der Waals surface area contributed by atoms with E-state index < -0.39 is 0 Å². The molecule has 0 aliphatic rings. The first kappa shape index (κ1) is 14.4. The first-order valence-corrected chi connectivity index (χ1v) is 6.45. The quantitative estimate of drug-likeness (QED) is 0.781. The van der Waals surface area contributed by atoms with E-state index in [4.69, 9.17) is 4.74 Å². The van der Waals surface area contributed by atoms with Crippen LogP contribution in [0.25, 0.3) is 0 Å². The monoisotopic (exact) mass is 250 g/mol. The molecule has 4 heteroatoms. The lowest BCUT2D eigenvalue weighted by Crippen LogP contribution is -2.37. The molecule has 1 aromatic carbocycles. The van der Waals surface area contributed by atoms with Crippen molar-refractivity contribution in [2.75, 3.05) is 18.5 Å². The van der Waals surface area contributed by atoms with Crippen molar-refractivity contribution < 1.29 is 9.53 Å². The Kier molecular flexibility index (Phi) is 6.05. The van der Waals surface area contributed by atoms with Crippen LogP contribution in [-0.2, 0) is 4.79 Å². The van der Waals surface area contributed by atoms with E-state index >= 15 is 0 Å². The van der Waals surface area contributed by atoms with E-state index in [1.54, 1.807) is 0 Å². The molecule has 0 aliphatic heterocycles. The average Bonchev–Trinajstić information content (AvgIpc) is 2.38. The van der Waals surface area contributed by atoms with Crippen molar-refractivity contribution in [2.45, 2.75) is 33.2 Å². The number of ether oxygens (including phenoxy) is 1. The van der Waals surface area contributed by atoms with Crippen molar-refractivity contribution in [3.8, 4) is 5.75 Å². The molecule has 1 amide bonds. The van der Waals surface area contributed by atoms with E-state index in [2.05, 4.69) is 10.6 Å². The summed E-state index contributed by atoms with van der Waals surface area (Å²) in [5.41, 5.74) is 0.846. The topological polar surface area (TPSA) is 50.4 Å². The van der Waals surface area contributed by atoms with Gasteiger partial charge in [0.25, 0.3) is 0 Å². The van der Waals surface area contributed by atoms with E-state index in [1.807, 2.05) is 45.0 Å². The molecule has 1 aromatic rings. The summed E-state index contributed by atoms with van der Waals surface area (Å²) in [6.45, 7) is 7.12. The Morgan fingerprint density at radius 2 is 2.06 bits per heavy atom. The van der Waals surface area contributed by atoms with E-state index in [9.17, 15) is 4.79 Å². The third-order valence-electron chi connectivity index (χ3n) is 2.50. The molecule has 4 nitrogen and oxygen atoms in total. The van der Waals surface area contributed by atoms with Crippen LogP contribution in [0, 0.1) is 0 Å². The molecule has 0 saturated carbocycles. The van der Waals surface area contributed by atoms with Crippen LogP contribution in [0.2, 0.25) is 0 Å². The van der Waals surface area contributed by atoms with Gasteiger partial charge in [-0.3, -0.25) is 4.79 Å². The molecule has 0 aromatic heterocycles. The highest BCUT2D eigenvalue weighted by molar-refractivity contribution is 5.84. The van der Waals surface area contributed by atoms with Gasteiger partial charge in [0.1, 0.15) is 11.8 Å². The summed E-state index contributed by atoms with van der Waals surface area (Å²) in [6.07, 6.45) is 0.938. The normalized spacial score (nSPS) is 11.7. The molecule has 1 unspecified atom stereocenters. The van der Waals surface area contributed by atoms with Gasteiger partial charge in [-0.05, 0) is 32.4 Å². The second-order valence-corrected chi connectivity index (χ2v) is 4.09. The van der Waals surface area contributed by atoms with E-state index in [0.717, 1.165) is 17.9 Å². The molecule has 0 aliphatic carbocycles. The largest absolute Gasteiger partial charge is 0.492 e. The zero-order valence-electron chi connectivity index (χ0n) is 11.3. The second-order valence-electron chi connectivity index (χ2n) is 4.09. The van der Waals surface area contributed by atoms with Gasteiger partial charge in [0.05, 0.1) is 12.3 Å². The number of hydrogen-bond donors (Lipinski definition) is 2. The summed E-state index contributed by atoms with van der Waals surface area (Å²) in [6, 6.07) is 7.36. The van der Waals surface area contributed by atoms with Gasteiger partial charge in [-0.25, -0.2) is 0 Å². The van der Waals surface area contributed by atoms with Crippen molar-refractivity contribution in [1.29, 1.82) is 0 Å². The molecule has 0 fully saturated rings. The maximum absolute atomic E-state index is 11.8. The van der Waals surface area contributed by atoms with Gasteiger partial charge >= 0.3 is 0 Å². The van der Waals surface area contributed by atoms with Gasteiger partial charge in [0, 0.05) is 6.54 Å². The molecule has 0 radical (unpaired) electrons. The van der Waals surface area contributed by atoms with Crippen LogP contribution in [0.3, 0.4) is 0 Å². The first-order valence-electron chi connectivity index (χ1n) is 6.45. The van der Waals surface area contributed by atoms with Gasteiger partial charge in [0.2, 0.25) is 5.91 Å². The zero-order chi connectivity index (χ0) is 13.4. The van der Waals surface area contributed by atoms with Gasteiger partial charge in [0.15, 0.2) is 0 Å². The molecule has 0 bridgehead atoms. The first-order chi connectivity index (χ1) is 8.69. The molecule has 2 N–H and O–H groups in total. The summed E-state index contributed by atoms with van der Waals surface area (Å²) in [7, 11) is 0. The number of amides is 1. The predicted octanol–water partition coefficient (Wildman–Crippen LogP) is 2.41. The Morgan fingerprint density at radius 1 is 1.33 bits per heavy atom. The number of rotatable bonds is 7. The average molecular weight is 250 g/mol. The van der Waals surface area contributed by atoms with Gasteiger partial charge in [-0.15, -0.1) is 0 Å². The van der Waals surface area contributed by atoms with Crippen LogP contribution < -0.4 is 15.4 Å². The highest BCUT2D eigenvalue weighted by Gasteiger charge is 2.13. The standard InChI is InChI=1S/C14H22N2O2/c1-4-10-15-14(17)11(3)16-12-8-6-7-9-13(12)18-5-2/h6-9,11,16H,4-5,10H2,1-3H3,(H,15,17). The summed E-state index contributed by atoms with van der Waals surface area (Å²) < 4.78 is 5.50. The summed E-state index contributed by atoms with van der Waals surface area (Å²) in [4.78, 5) is 11.8. The van der Waals surface area contributed by atoms with E-state index in [-0.39, 0.29) is 11.9 Å². The third-order valence-corrected chi connectivity index (χ3v) is 2.50. The lowest BCUT2D eigenvalue weighted by molar-refractivity contribution is -0.121. The van der Waals surface area contributed by atoms with Crippen LogP contribution in [0.15, 0.2) is 24.3 Å². The van der Waals surface area contributed by atoms with Crippen molar-refractivity contribution in [3.63, 3.8) is 0 Å². The Bertz CT molecular complexity index is 380. The molecular formula is C14H22N2O2. The Hall–Kier alpha value is -1.71. The highest BCUT2D eigenvalue weighted by atomic mass is 16.5. The minimum absolute atomic E-state index is 0.00292. The SMILES string of the molecule is CCCNC(=O)C(C)Nc1ccccc1OCC. The number of anilines is 1. The minimum Gasteiger partial charge on any atom is -0.492 e. The fourth-order valence-electron chi connectivity index (χ4n) is 1.57.